The van der Waals surface area contributed by atoms with E-state index in [9.17, 15) is 9.59 Å². The van der Waals surface area contributed by atoms with Crippen molar-refractivity contribution < 1.29 is 19.4 Å². The summed E-state index contributed by atoms with van der Waals surface area (Å²) in [6, 6.07) is 0. The summed E-state index contributed by atoms with van der Waals surface area (Å²) in [4.78, 5) is 22.2. The van der Waals surface area contributed by atoms with Gasteiger partial charge in [0.15, 0.2) is 0 Å². The molecule has 0 aromatic heterocycles. The third-order valence-corrected chi connectivity index (χ3v) is 1.51. The van der Waals surface area contributed by atoms with Crippen LogP contribution in [-0.2, 0) is 14.3 Å². The van der Waals surface area contributed by atoms with E-state index in [0.717, 1.165) is 0 Å². The zero-order chi connectivity index (χ0) is 12.6. The lowest BCUT2D eigenvalue weighted by molar-refractivity contribution is -0.147. The number of rotatable bonds is 4. The van der Waals surface area contributed by atoms with Gasteiger partial charge in [-0.3, -0.25) is 4.79 Å². The summed E-state index contributed by atoms with van der Waals surface area (Å²) >= 11 is 0. The van der Waals surface area contributed by atoms with Crippen molar-refractivity contribution in [2.24, 2.45) is 0 Å². The van der Waals surface area contributed by atoms with Gasteiger partial charge in [-0.25, -0.2) is 4.79 Å². The number of esters is 1. The van der Waals surface area contributed by atoms with Crippen molar-refractivity contribution in [2.75, 3.05) is 6.61 Å². The van der Waals surface area contributed by atoms with Gasteiger partial charge in [0.25, 0.3) is 0 Å². The summed E-state index contributed by atoms with van der Waals surface area (Å²) < 4.78 is 4.91. The van der Waals surface area contributed by atoms with Crippen LogP contribution in [0.15, 0.2) is 0 Å². The number of hydrogen-bond donors (Lipinski definition) is 1. The van der Waals surface area contributed by atoms with E-state index in [1.54, 1.807) is 20.8 Å². The highest BCUT2D eigenvalue weighted by Gasteiger charge is 2.14. The van der Waals surface area contributed by atoms with E-state index in [1.807, 2.05) is 0 Å². The zero-order valence-electron chi connectivity index (χ0n) is 10.0. The second-order valence-corrected chi connectivity index (χ2v) is 4.36. The quantitative estimate of drug-likeness (QED) is 0.256. The summed E-state index contributed by atoms with van der Waals surface area (Å²) in [5, 5.41) is 8.50. The summed E-state index contributed by atoms with van der Waals surface area (Å²) in [6.45, 7) is 5.26. The summed E-state index contributed by atoms with van der Waals surface area (Å²) in [7, 11) is 0. The summed E-state index contributed by atoms with van der Waals surface area (Å²) in [6.07, 6.45) is 1.41. The Morgan fingerprint density at radius 1 is 1.19 bits per heavy atom. The van der Waals surface area contributed by atoms with Crippen molar-refractivity contribution in [3.05, 3.63) is 0 Å². The Morgan fingerprint density at radius 2 is 1.81 bits per heavy atom. The second-order valence-electron chi connectivity index (χ2n) is 4.36. The largest absolute Gasteiger partial charge is 0.450 e. The van der Waals surface area contributed by atoms with Crippen LogP contribution in [0.5, 0.6) is 0 Å². The Hall–Kier alpha value is -1.34. The van der Waals surface area contributed by atoms with Gasteiger partial charge in [-0.15, -0.1) is 0 Å². The van der Waals surface area contributed by atoms with Crippen LogP contribution in [0.3, 0.4) is 0 Å². The van der Waals surface area contributed by atoms with E-state index in [0.29, 0.717) is 12.8 Å². The first-order chi connectivity index (χ1) is 7.35. The lowest BCUT2D eigenvalue weighted by Gasteiger charge is -2.16. The molecule has 0 bridgehead atoms. The molecule has 0 aliphatic rings. The van der Waals surface area contributed by atoms with E-state index in [4.69, 9.17) is 9.84 Å². The monoisotopic (exact) mass is 226 g/mol. The molecule has 0 aliphatic carbocycles. The number of ether oxygens (including phenoxy) is 1. The fourth-order valence-electron chi connectivity index (χ4n) is 0.884. The van der Waals surface area contributed by atoms with Gasteiger partial charge >= 0.3 is 5.97 Å². The summed E-state index contributed by atoms with van der Waals surface area (Å²) in [5.41, 5.74) is -0.592. The van der Waals surface area contributed by atoms with Crippen LogP contribution in [0.4, 0.5) is 0 Å². The van der Waals surface area contributed by atoms with Crippen LogP contribution in [0.25, 0.3) is 0 Å². The van der Waals surface area contributed by atoms with Gasteiger partial charge in [0.05, 0.1) is 0 Å². The molecule has 0 aromatic carbocycles. The highest BCUT2D eigenvalue weighted by Crippen LogP contribution is 2.06. The minimum absolute atomic E-state index is 0.0623. The van der Waals surface area contributed by atoms with Crippen molar-refractivity contribution in [1.82, 2.24) is 0 Å². The number of aliphatic hydroxyl groups is 1. The van der Waals surface area contributed by atoms with Crippen LogP contribution in [0.2, 0.25) is 0 Å². The fourth-order valence-corrected chi connectivity index (χ4v) is 0.884. The normalized spacial score (nSPS) is 10.2. The number of aliphatic hydroxyl groups excluding tert-OH is 1. The number of unbranched alkanes of at least 4 members (excludes halogenated alkanes) is 1. The zero-order valence-corrected chi connectivity index (χ0v) is 10.0. The van der Waals surface area contributed by atoms with Crippen LogP contribution >= 0.6 is 0 Å². The first-order valence-corrected chi connectivity index (χ1v) is 5.24. The molecule has 0 spiro atoms. The molecule has 0 aliphatic heterocycles. The lowest BCUT2D eigenvalue weighted by atomic mass is 10.2. The van der Waals surface area contributed by atoms with Gasteiger partial charge < -0.3 is 9.84 Å². The molecule has 0 atom stereocenters. The molecule has 0 unspecified atom stereocenters. The van der Waals surface area contributed by atoms with Gasteiger partial charge in [0.2, 0.25) is 5.78 Å². The average Bonchev–Trinajstić information content (AvgIpc) is 2.12. The third kappa shape index (κ3) is 9.22. The maximum Gasteiger partial charge on any atom is 0.385 e. The van der Waals surface area contributed by atoms with Gasteiger partial charge in [0.1, 0.15) is 5.60 Å². The van der Waals surface area contributed by atoms with Gasteiger partial charge in [-0.1, -0.05) is 0 Å². The molecule has 90 valence electrons. The molecular formula is C12H18O4. The molecule has 1 N–H and O–H groups in total. The molecule has 0 rings (SSSR count). The molecule has 0 radical (unpaired) electrons. The second kappa shape index (κ2) is 7.02. The van der Waals surface area contributed by atoms with Crippen molar-refractivity contribution in [2.45, 2.75) is 45.6 Å². The van der Waals surface area contributed by atoms with E-state index < -0.39 is 11.6 Å². The molecule has 4 heteroatoms. The van der Waals surface area contributed by atoms with Crippen molar-refractivity contribution in [1.29, 1.82) is 0 Å². The number of Topliss-reactive ketones (excluding diaryl/α,β-unsaturated/α-hetero) is 1. The molecule has 0 aromatic rings. The Morgan fingerprint density at radius 3 is 2.31 bits per heavy atom. The number of hydrogen-bond acceptors (Lipinski definition) is 4. The molecule has 0 amide bonds. The molecule has 0 saturated carbocycles. The third-order valence-electron chi connectivity index (χ3n) is 1.51. The minimum atomic E-state index is -0.692. The maximum atomic E-state index is 11.1. The molecule has 0 heterocycles. The Labute approximate surface area is 96.0 Å². The van der Waals surface area contributed by atoms with E-state index in [2.05, 4.69) is 11.8 Å². The van der Waals surface area contributed by atoms with Gasteiger partial charge in [-0.2, -0.15) is 0 Å². The predicted octanol–water partition coefficient (Wildman–Crippen LogP) is 1.06. The number of carbonyl (C=O) groups is 2. The van der Waals surface area contributed by atoms with Crippen molar-refractivity contribution in [3.8, 4) is 11.8 Å². The Kier molecular flexibility index (Phi) is 6.43. The van der Waals surface area contributed by atoms with Crippen LogP contribution in [0, 0.1) is 11.8 Å². The minimum Gasteiger partial charge on any atom is -0.450 e. The average molecular weight is 226 g/mol. The van der Waals surface area contributed by atoms with E-state index >= 15 is 0 Å². The van der Waals surface area contributed by atoms with E-state index in [1.165, 1.54) is 0 Å². The number of ketones is 1. The van der Waals surface area contributed by atoms with E-state index in [-0.39, 0.29) is 18.8 Å². The SMILES string of the molecule is CC(C)(C)OC(=O)C#CC(=O)CCCCO. The Balaban J connectivity index is 3.99. The molecule has 16 heavy (non-hydrogen) atoms. The van der Waals surface area contributed by atoms with Crippen LogP contribution < -0.4 is 0 Å². The first kappa shape index (κ1) is 14.7. The predicted molar refractivity (Wildman–Crippen MR) is 59.6 cm³/mol. The topological polar surface area (TPSA) is 63.6 Å². The molecule has 0 fully saturated rings. The standard InChI is InChI=1S/C12H18O4/c1-12(2,3)16-11(15)8-7-10(14)6-4-5-9-13/h13H,4-6,9H2,1-3H3. The molecular weight excluding hydrogens is 208 g/mol. The van der Waals surface area contributed by atoms with Crippen molar-refractivity contribution in [3.63, 3.8) is 0 Å². The van der Waals surface area contributed by atoms with Gasteiger partial charge in [-0.05, 0) is 39.5 Å². The maximum absolute atomic E-state index is 11.1. The lowest BCUT2D eigenvalue weighted by Crippen LogP contribution is -2.22. The van der Waals surface area contributed by atoms with Gasteiger partial charge in [0, 0.05) is 18.9 Å². The molecule has 0 saturated heterocycles. The first-order valence-electron chi connectivity index (χ1n) is 5.24. The number of carbonyl (C=O) groups excluding carboxylic acids is 2. The van der Waals surface area contributed by atoms with Crippen LogP contribution in [0.1, 0.15) is 40.0 Å². The summed E-state index contributed by atoms with van der Waals surface area (Å²) in [5.74, 6) is 3.36. The Bertz CT molecular complexity index is 301. The molecule has 4 nitrogen and oxygen atoms in total. The highest BCUT2D eigenvalue weighted by molar-refractivity contribution is 6.02. The smallest absolute Gasteiger partial charge is 0.385 e. The highest BCUT2D eigenvalue weighted by atomic mass is 16.6. The van der Waals surface area contributed by atoms with Crippen molar-refractivity contribution >= 4 is 11.8 Å². The van der Waals surface area contributed by atoms with Crippen LogP contribution in [-0.4, -0.2) is 29.1 Å². The fraction of sp³-hybridized carbons (Fsp3) is 0.667.